The topological polar surface area (TPSA) is 26.0 Å². The number of hydrogen-bond donors (Lipinski definition) is 0. The highest BCUT2D eigenvalue weighted by Gasteiger charge is 2.18. The van der Waals surface area contributed by atoms with Crippen molar-refractivity contribution in [1.29, 1.82) is 0 Å². The van der Waals surface area contributed by atoms with Crippen LogP contribution in [-0.4, -0.2) is 14.1 Å². The van der Waals surface area contributed by atoms with Gasteiger partial charge in [-0.3, -0.25) is 4.57 Å². The molecule has 0 amide bonds. The van der Waals surface area contributed by atoms with Crippen LogP contribution in [0.25, 0.3) is 55.1 Å². The highest BCUT2D eigenvalue weighted by atomic mass is 15.1. The lowest BCUT2D eigenvalue weighted by atomic mass is 10.1. The van der Waals surface area contributed by atoms with Crippen LogP contribution in [0, 0.1) is 0 Å². The number of rotatable bonds is 5. The fraction of sp³-hybridized carbons (Fsp3) is 0. The quantitative estimate of drug-likeness (QED) is 0.204. The third-order valence-electron chi connectivity index (χ3n) is 8.75. The maximum Gasteiger partial charge on any atom is 0.137 e. The summed E-state index contributed by atoms with van der Waals surface area (Å²) in [7, 11) is 0. The van der Waals surface area contributed by atoms with Crippen LogP contribution < -0.4 is 4.90 Å². The van der Waals surface area contributed by atoms with Crippen molar-refractivity contribution >= 4 is 60.7 Å². The van der Waals surface area contributed by atoms with Crippen LogP contribution in [0.15, 0.2) is 170 Å². The van der Waals surface area contributed by atoms with Gasteiger partial charge in [-0.25, -0.2) is 4.98 Å². The lowest BCUT2D eigenvalue weighted by Gasteiger charge is -2.26. The molecule has 0 unspecified atom stereocenters. The first kappa shape index (κ1) is 25.4. The Morgan fingerprint density at radius 1 is 0.378 bits per heavy atom. The number of nitrogens with zero attached hydrogens (tertiary/aromatic N) is 4. The van der Waals surface area contributed by atoms with E-state index in [1.165, 1.54) is 32.6 Å². The Morgan fingerprint density at radius 3 is 1.53 bits per heavy atom. The molecule has 0 bridgehead atoms. The summed E-state index contributed by atoms with van der Waals surface area (Å²) in [4.78, 5) is 7.03. The van der Waals surface area contributed by atoms with Crippen molar-refractivity contribution in [2.75, 3.05) is 4.90 Å². The first-order valence-corrected chi connectivity index (χ1v) is 15.2. The molecule has 0 spiro atoms. The monoisotopic (exact) mass is 576 g/mol. The zero-order valence-corrected chi connectivity index (χ0v) is 24.5. The minimum Gasteiger partial charge on any atom is -0.310 e. The van der Waals surface area contributed by atoms with Crippen molar-refractivity contribution < 1.29 is 0 Å². The number of fused-ring (bicyclic) bond motifs is 6. The molecule has 9 rings (SSSR count). The van der Waals surface area contributed by atoms with Crippen LogP contribution in [0.3, 0.4) is 0 Å². The first-order chi connectivity index (χ1) is 22.3. The molecule has 0 atom stereocenters. The summed E-state index contributed by atoms with van der Waals surface area (Å²) >= 11 is 0. The normalized spacial score (nSPS) is 11.6. The summed E-state index contributed by atoms with van der Waals surface area (Å²) in [6.45, 7) is 0. The molecule has 0 saturated heterocycles. The predicted molar refractivity (Wildman–Crippen MR) is 188 cm³/mol. The van der Waals surface area contributed by atoms with Gasteiger partial charge in [0.25, 0.3) is 0 Å². The molecular weight excluding hydrogens is 548 g/mol. The highest BCUT2D eigenvalue weighted by Crippen LogP contribution is 2.40. The van der Waals surface area contributed by atoms with Crippen LogP contribution in [0.1, 0.15) is 0 Å². The molecule has 0 radical (unpaired) electrons. The Morgan fingerprint density at radius 2 is 0.889 bits per heavy atom. The molecule has 4 heteroatoms. The van der Waals surface area contributed by atoms with Crippen LogP contribution in [0.5, 0.6) is 0 Å². The number of hydrogen-bond acceptors (Lipinski definition) is 2. The van der Waals surface area contributed by atoms with Crippen molar-refractivity contribution in [1.82, 2.24) is 14.1 Å². The van der Waals surface area contributed by atoms with Gasteiger partial charge < -0.3 is 9.47 Å². The van der Waals surface area contributed by atoms with Crippen LogP contribution in [0.2, 0.25) is 0 Å². The molecule has 3 aromatic heterocycles. The molecule has 212 valence electrons. The van der Waals surface area contributed by atoms with Crippen molar-refractivity contribution in [2.45, 2.75) is 0 Å². The maximum atomic E-state index is 4.69. The van der Waals surface area contributed by atoms with E-state index >= 15 is 0 Å². The van der Waals surface area contributed by atoms with Crippen molar-refractivity contribution in [3.63, 3.8) is 0 Å². The Balaban J connectivity index is 1.21. The van der Waals surface area contributed by atoms with E-state index in [1.807, 2.05) is 18.3 Å². The molecule has 0 saturated carbocycles. The summed E-state index contributed by atoms with van der Waals surface area (Å²) in [6.07, 6.45) is 1.85. The van der Waals surface area contributed by atoms with E-state index in [-0.39, 0.29) is 0 Å². The third kappa shape index (κ3) is 4.04. The molecule has 0 aliphatic rings. The van der Waals surface area contributed by atoms with Gasteiger partial charge in [0.15, 0.2) is 0 Å². The molecule has 45 heavy (non-hydrogen) atoms. The SMILES string of the molecule is c1ccc(N(c2ccc(-n3c4ccccc4c4ccccc43)cc2)c2ccc3c(c2)c2ccccc2n3-c2ccccn2)cc1. The summed E-state index contributed by atoms with van der Waals surface area (Å²) in [6, 6.07) is 58.2. The number of anilines is 3. The van der Waals surface area contributed by atoms with Gasteiger partial charge in [-0.1, -0.05) is 78.9 Å². The molecule has 9 aromatic rings. The summed E-state index contributed by atoms with van der Waals surface area (Å²) in [5.74, 6) is 0.914. The smallest absolute Gasteiger partial charge is 0.137 e. The van der Waals surface area contributed by atoms with Gasteiger partial charge >= 0.3 is 0 Å². The Labute approximate surface area is 260 Å². The summed E-state index contributed by atoms with van der Waals surface area (Å²) < 4.78 is 4.61. The molecule has 0 aliphatic carbocycles. The lowest BCUT2D eigenvalue weighted by Crippen LogP contribution is -2.10. The van der Waals surface area contributed by atoms with Gasteiger partial charge in [-0.05, 0) is 84.9 Å². The van der Waals surface area contributed by atoms with E-state index in [0.717, 1.165) is 39.6 Å². The first-order valence-electron chi connectivity index (χ1n) is 15.2. The van der Waals surface area contributed by atoms with Crippen LogP contribution >= 0.6 is 0 Å². The summed E-state index contributed by atoms with van der Waals surface area (Å²) in [5, 5.41) is 4.92. The number of pyridine rings is 1. The van der Waals surface area contributed by atoms with Crippen LogP contribution in [0.4, 0.5) is 17.1 Å². The van der Waals surface area contributed by atoms with E-state index in [1.54, 1.807) is 0 Å². The van der Waals surface area contributed by atoms with Gasteiger partial charge in [0.1, 0.15) is 5.82 Å². The second kappa shape index (κ2) is 10.2. The van der Waals surface area contributed by atoms with Crippen molar-refractivity contribution in [3.8, 4) is 11.5 Å². The van der Waals surface area contributed by atoms with E-state index in [0.29, 0.717) is 0 Å². The maximum absolute atomic E-state index is 4.69. The largest absolute Gasteiger partial charge is 0.310 e. The van der Waals surface area contributed by atoms with E-state index in [2.05, 4.69) is 166 Å². The summed E-state index contributed by atoms with van der Waals surface area (Å²) in [5.41, 5.74) is 9.13. The lowest BCUT2D eigenvalue weighted by molar-refractivity contribution is 1.08. The minimum absolute atomic E-state index is 0.914. The molecule has 3 heterocycles. The van der Waals surface area contributed by atoms with Crippen molar-refractivity contribution in [2.24, 2.45) is 0 Å². The Bertz CT molecular complexity index is 2420. The van der Waals surface area contributed by atoms with E-state index in [4.69, 9.17) is 4.98 Å². The predicted octanol–water partition coefficient (Wildman–Crippen LogP) is 10.7. The molecular formula is C41H28N4. The number of para-hydroxylation sites is 4. The van der Waals surface area contributed by atoms with Gasteiger partial charge in [0.05, 0.1) is 22.1 Å². The second-order valence-electron chi connectivity index (χ2n) is 11.3. The minimum atomic E-state index is 0.914. The standard InChI is InChI=1S/C41H28N4/c1-2-12-29(13-3-1)43(30-21-23-31(24-22-30)44-37-17-7-4-14-33(37)34-15-5-8-18-38(34)44)32-25-26-40-36(28-32)35-16-6-9-19-39(35)45(40)41-20-10-11-27-42-41/h1-28H. The molecule has 0 N–H and O–H groups in total. The Hall–Kier alpha value is -6.13. The van der Waals surface area contributed by atoms with Gasteiger partial charge in [0, 0.05) is 50.5 Å². The van der Waals surface area contributed by atoms with Crippen LogP contribution in [-0.2, 0) is 0 Å². The number of benzene rings is 6. The average molecular weight is 577 g/mol. The zero-order chi connectivity index (χ0) is 29.7. The average Bonchev–Trinajstić information content (AvgIpc) is 3.62. The Kier molecular flexibility index (Phi) is 5.78. The van der Waals surface area contributed by atoms with Crippen molar-refractivity contribution in [3.05, 3.63) is 170 Å². The zero-order valence-electron chi connectivity index (χ0n) is 24.5. The molecule has 0 fully saturated rings. The van der Waals surface area contributed by atoms with Gasteiger partial charge in [0.2, 0.25) is 0 Å². The second-order valence-corrected chi connectivity index (χ2v) is 11.3. The molecule has 4 nitrogen and oxygen atoms in total. The van der Waals surface area contributed by atoms with Gasteiger partial charge in [-0.2, -0.15) is 0 Å². The molecule has 0 aliphatic heterocycles. The number of aromatic nitrogens is 3. The molecule has 6 aromatic carbocycles. The fourth-order valence-corrected chi connectivity index (χ4v) is 6.81. The van der Waals surface area contributed by atoms with E-state index in [9.17, 15) is 0 Å². The fourth-order valence-electron chi connectivity index (χ4n) is 6.81. The van der Waals surface area contributed by atoms with Gasteiger partial charge in [-0.15, -0.1) is 0 Å². The van der Waals surface area contributed by atoms with E-state index < -0.39 is 0 Å². The third-order valence-corrected chi connectivity index (χ3v) is 8.75. The highest BCUT2D eigenvalue weighted by molar-refractivity contribution is 6.11.